The number of carbonyl (C=O) groups excluding carboxylic acids is 1. The molecule has 4 rings (SSSR count). The lowest BCUT2D eigenvalue weighted by Gasteiger charge is -2.20. The predicted molar refractivity (Wildman–Crippen MR) is 117 cm³/mol. The van der Waals surface area contributed by atoms with Gasteiger partial charge in [0, 0.05) is 25.0 Å². The van der Waals surface area contributed by atoms with Crippen LogP contribution in [0.25, 0.3) is 21.3 Å². The van der Waals surface area contributed by atoms with Gasteiger partial charge in [0.05, 0.1) is 5.39 Å². The zero-order valence-corrected chi connectivity index (χ0v) is 17.5. The van der Waals surface area contributed by atoms with Gasteiger partial charge in [-0.15, -0.1) is 11.3 Å². The van der Waals surface area contributed by atoms with E-state index in [-0.39, 0.29) is 11.7 Å². The van der Waals surface area contributed by atoms with Gasteiger partial charge in [0.2, 0.25) is 5.91 Å². The highest BCUT2D eigenvalue weighted by molar-refractivity contribution is 8.00. The zero-order chi connectivity index (χ0) is 20.4. The molecule has 2 aromatic carbocycles. The molecule has 0 bridgehead atoms. The second kappa shape index (κ2) is 8.31. The van der Waals surface area contributed by atoms with Gasteiger partial charge in [-0.25, -0.2) is 14.4 Å². The molecule has 7 heteroatoms. The number of likely N-dealkylation sites (N-methyl/N-ethyl adjacent to an activating group) is 1. The number of thiophene rings is 1. The Kier molecular flexibility index (Phi) is 5.60. The number of halogens is 1. The first-order valence-corrected chi connectivity index (χ1v) is 10.7. The number of aromatic nitrogens is 2. The fraction of sp³-hybridized carbons (Fsp3) is 0.136. The highest BCUT2D eigenvalue weighted by Crippen LogP contribution is 2.43. The summed E-state index contributed by atoms with van der Waals surface area (Å²) in [6.07, 6.45) is 1.53. The van der Waals surface area contributed by atoms with E-state index < -0.39 is 5.25 Å². The average Bonchev–Trinajstić information content (AvgIpc) is 3.17. The third-order valence-electron chi connectivity index (χ3n) is 4.49. The van der Waals surface area contributed by atoms with Gasteiger partial charge in [-0.2, -0.15) is 0 Å². The van der Waals surface area contributed by atoms with Crippen LogP contribution in [0.4, 0.5) is 4.39 Å². The van der Waals surface area contributed by atoms with Crippen LogP contribution in [0.3, 0.4) is 0 Å². The van der Waals surface area contributed by atoms with Crippen LogP contribution in [0, 0.1) is 5.82 Å². The normalized spacial score (nSPS) is 12.1. The van der Waals surface area contributed by atoms with E-state index >= 15 is 0 Å². The van der Waals surface area contributed by atoms with Crippen molar-refractivity contribution in [2.75, 3.05) is 14.1 Å². The largest absolute Gasteiger partial charge is 0.348 e. The van der Waals surface area contributed by atoms with E-state index in [0.29, 0.717) is 0 Å². The van der Waals surface area contributed by atoms with Crippen LogP contribution in [0.1, 0.15) is 10.8 Å². The number of nitrogens with zero attached hydrogens (tertiary/aromatic N) is 3. The topological polar surface area (TPSA) is 46.1 Å². The molecule has 29 heavy (non-hydrogen) atoms. The van der Waals surface area contributed by atoms with Gasteiger partial charge in [-0.1, -0.05) is 54.2 Å². The van der Waals surface area contributed by atoms with Crippen LogP contribution in [0.15, 0.2) is 71.3 Å². The molecule has 0 aliphatic carbocycles. The lowest BCUT2D eigenvalue weighted by molar-refractivity contribution is -0.128. The molecule has 146 valence electrons. The Morgan fingerprint density at radius 3 is 2.48 bits per heavy atom. The van der Waals surface area contributed by atoms with Crippen molar-refractivity contribution in [2.45, 2.75) is 10.3 Å². The van der Waals surface area contributed by atoms with Crippen molar-refractivity contribution in [3.63, 3.8) is 0 Å². The molecule has 0 saturated heterocycles. The number of thioether (sulfide) groups is 1. The fourth-order valence-corrected chi connectivity index (χ4v) is 5.26. The molecule has 4 nitrogen and oxygen atoms in total. The van der Waals surface area contributed by atoms with Crippen molar-refractivity contribution >= 4 is 39.2 Å². The molecule has 1 unspecified atom stereocenters. The molecule has 1 atom stereocenters. The standard InChI is InChI=1S/C22H18FN3OS2/c1-26(2)22(27)19(15-6-4-3-5-7-15)29-21-18-17(12-28-20(18)24-13-25-21)14-8-10-16(23)11-9-14/h3-13,19H,1-2H3. The second-order valence-corrected chi connectivity index (χ2v) is 8.61. The Morgan fingerprint density at radius 1 is 1.07 bits per heavy atom. The van der Waals surface area contributed by atoms with Crippen LogP contribution in [-0.4, -0.2) is 34.9 Å². The minimum atomic E-state index is -0.426. The summed E-state index contributed by atoms with van der Waals surface area (Å²) in [5.41, 5.74) is 2.75. The Bertz CT molecular complexity index is 1140. The molecule has 0 radical (unpaired) electrons. The van der Waals surface area contributed by atoms with Crippen molar-refractivity contribution in [1.82, 2.24) is 14.9 Å². The van der Waals surface area contributed by atoms with Crippen molar-refractivity contribution < 1.29 is 9.18 Å². The van der Waals surface area contributed by atoms with Gasteiger partial charge < -0.3 is 4.90 Å². The maximum Gasteiger partial charge on any atom is 0.240 e. The smallest absolute Gasteiger partial charge is 0.240 e. The monoisotopic (exact) mass is 423 g/mol. The van der Waals surface area contributed by atoms with E-state index in [9.17, 15) is 9.18 Å². The quantitative estimate of drug-likeness (QED) is 0.318. The molecule has 0 saturated carbocycles. The summed E-state index contributed by atoms with van der Waals surface area (Å²) in [5.74, 6) is -0.286. The fourth-order valence-electron chi connectivity index (χ4n) is 3.01. The third kappa shape index (κ3) is 4.02. The second-order valence-electron chi connectivity index (χ2n) is 6.66. The van der Waals surface area contributed by atoms with Crippen molar-refractivity contribution in [3.05, 3.63) is 77.7 Å². The number of fused-ring (bicyclic) bond motifs is 1. The Labute approximate surface area is 176 Å². The summed E-state index contributed by atoms with van der Waals surface area (Å²) in [6.45, 7) is 0. The Balaban J connectivity index is 1.81. The van der Waals surface area contributed by atoms with E-state index in [1.165, 1.54) is 41.6 Å². The van der Waals surface area contributed by atoms with E-state index in [1.54, 1.807) is 31.1 Å². The summed E-state index contributed by atoms with van der Waals surface area (Å²) < 4.78 is 13.4. The SMILES string of the molecule is CN(C)C(=O)C(Sc1ncnc2scc(-c3ccc(F)cc3)c12)c1ccccc1. The van der Waals surface area contributed by atoms with Crippen LogP contribution < -0.4 is 0 Å². The summed E-state index contributed by atoms with van der Waals surface area (Å²) in [6, 6.07) is 16.1. The molecule has 0 spiro atoms. The number of benzene rings is 2. The Morgan fingerprint density at radius 2 is 1.79 bits per heavy atom. The molecule has 0 N–H and O–H groups in total. The first-order chi connectivity index (χ1) is 14.0. The van der Waals surface area contributed by atoms with Gasteiger partial charge in [0.1, 0.15) is 27.3 Å². The minimum absolute atomic E-state index is 0.00785. The van der Waals surface area contributed by atoms with Crippen molar-refractivity contribution in [3.8, 4) is 11.1 Å². The first kappa shape index (κ1) is 19.5. The van der Waals surface area contributed by atoms with E-state index in [1.807, 2.05) is 35.7 Å². The molecular weight excluding hydrogens is 405 g/mol. The first-order valence-electron chi connectivity index (χ1n) is 8.95. The van der Waals surface area contributed by atoms with Gasteiger partial charge in [0.15, 0.2) is 0 Å². The van der Waals surface area contributed by atoms with Gasteiger partial charge in [-0.3, -0.25) is 4.79 Å². The molecular formula is C22H18FN3OS2. The highest BCUT2D eigenvalue weighted by atomic mass is 32.2. The van der Waals surface area contributed by atoms with E-state index in [4.69, 9.17) is 0 Å². The average molecular weight is 424 g/mol. The third-order valence-corrected chi connectivity index (χ3v) is 6.62. The van der Waals surface area contributed by atoms with Crippen LogP contribution >= 0.6 is 23.1 Å². The van der Waals surface area contributed by atoms with Crippen LogP contribution in [-0.2, 0) is 4.79 Å². The number of carbonyl (C=O) groups is 1. The van der Waals surface area contributed by atoms with Crippen LogP contribution in [0.5, 0.6) is 0 Å². The number of rotatable bonds is 5. The number of amides is 1. The molecule has 2 heterocycles. The van der Waals surface area contributed by atoms with Gasteiger partial charge in [0.25, 0.3) is 0 Å². The summed E-state index contributed by atoms with van der Waals surface area (Å²) in [4.78, 5) is 24.3. The van der Waals surface area contributed by atoms with Crippen molar-refractivity contribution in [1.29, 1.82) is 0 Å². The zero-order valence-electron chi connectivity index (χ0n) is 15.9. The number of hydrogen-bond acceptors (Lipinski definition) is 5. The Hall–Kier alpha value is -2.77. The molecule has 0 aliphatic heterocycles. The number of hydrogen-bond donors (Lipinski definition) is 0. The predicted octanol–water partition coefficient (Wildman–Crippen LogP) is 5.42. The van der Waals surface area contributed by atoms with Crippen molar-refractivity contribution in [2.24, 2.45) is 0 Å². The molecule has 0 aliphatic rings. The van der Waals surface area contributed by atoms with Gasteiger partial charge >= 0.3 is 0 Å². The lowest BCUT2D eigenvalue weighted by atomic mass is 10.1. The summed E-state index contributed by atoms with van der Waals surface area (Å²) in [7, 11) is 3.51. The summed E-state index contributed by atoms with van der Waals surface area (Å²) in [5, 5.41) is 3.20. The van der Waals surface area contributed by atoms with E-state index in [2.05, 4.69) is 9.97 Å². The molecule has 1 amide bonds. The lowest BCUT2D eigenvalue weighted by Crippen LogP contribution is -2.26. The maximum absolute atomic E-state index is 13.4. The minimum Gasteiger partial charge on any atom is -0.348 e. The summed E-state index contributed by atoms with van der Waals surface area (Å²) >= 11 is 2.93. The molecule has 2 aromatic heterocycles. The highest BCUT2D eigenvalue weighted by Gasteiger charge is 2.26. The van der Waals surface area contributed by atoms with Crippen LogP contribution in [0.2, 0.25) is 0 Å². The molecule has 4 aromatic rings. The van der Waals surface area contributed by atoms with Gasteiger partial charge in [-0.05, 0) is 23.3 Å². The van der Waals surface area contributed by atoms with E-state index in [0.717, 1.165) is 31.9 Å². The molecule has 0 fully saturated rings. The maximum atomic E-state index is 13.4.